The number of benzene rings is 3. The van der Waals surface area contributed by atoms with Gasteiger partial charge in [0, 0.05) is 41.2 Å². The maximum atomic E-state index is 7.23. The van der Waals surface area contributed by atoms with Crippen LogP contribution in [-0.4, -0.2) is 18.0 Å². The number of pyridine rings is 2. The number of nitrogens with zero attached hydrogens (tertiary/aromatic N) is 2. The van der Waals surface area contributed by atoms with Crippen molar-refractivity contribution in [2.45, 2.75) is 26.5 Å². The van der Waals surface area contributed by atoms with E-state index in [2.05, 4.69) is 55.0 Å². The molecule has 0 spiro atoms. The van der Waals surface area contributed by atoms with Crippen molar-refractivity contribution in [2.75, 3.05) is 0 Å². The van der Waals surface area contributed by atoms with Crippen LogP contribution in [0.4, 0.5) is 0 Å². The summed E-state index contributed by atoms with van der Waals surface area (Å²) in [5.41, 5.74) is 5.75. The Morgan fingerprint density at radius 3 is 2.08 bits per heavy atom. The van der Waals surface area contributed by atoms with Crippen LogP contribution in [0.5, 0.6) is 0 Å². The van der Waals surface area contributed by atoms with Gasteiger partial charge in [-0.1, -0.05) is 55.2 Å². The molecule has 0 unspecified atom stereocenters. The van der Waals surface area contributed by atoms with Gasteiger partial charge in [-0.25, -0.2) is 0 Å². The Bertz CT molecular complexity index is 1710. The van der Waals surface area contributed by atoms with Crippen LogP contribution in [0, 0.1) is 19.0 Å². The van der Waals surface area contributed by atoms with Gasteiger partial charge in [0.2, 0.25) is 0 Å². The van der Waals surface area contributed by atoms with Crippen molar-refractivity contribution in [1.82, 2.24) is 9.97 Å². The standard InChI is InChI=1S/C20H18NOSi.C12H10N.Ir/c1-23(2,3)20-18-15-11-7-8-12-16(15)22-17(18)13-21-19(20)14-9-5-4-6-10-14;1-10-7-8-12(13-9-10)11-5-3-2-4-6-11;/h4-9,11-13H,1-3H3;2-5,7-9H,1H3;/q2*-1;/i;1D3;. The predicted octanol–water partition coefficient (Wildman–Crippen LogP) is 7.85. The van der Waals surface area contributed by atoms with Crippen LogP contribution in [-0.2, 0) is 20.1 Å². The predicted molar refractivity (Wildman–Crippen MR) is 152 cm³/mol. The molecule has 5 heteroatoms. The van der Waals surface area contributed by atoms with Gasteiger partial charge in [0.05, 0.1) is 14.3 Å². The van der Waals surface area contributed by atoms with E-state index in [0.29, 0.717) is 0 Å². The maximum absolute atomic E-state index is 7.23. The summed E-state index contributed by atoms with van der Waals surface area (Å²) in [7, 11) is -1.65. The SMILES string of the molecule is C[Si](C)(C)c1c(-c2[c-]cccc2)ncc2oc3ccccc3c12.[2H]C([2H])([2H])c1ccc(-c2[c-]cccc2)nc1.[Ir]. The Labute approximate surface area is 237 Å². The largest absolute Gasteiger partial charge is 0.455 e. The Morgan fingerprint density at radius 2 is 1.46 bits per heavy atom. The van der Waals surface area contributed by atoms with Gasteiger partial charge in [-0.15, -0.1) is 71.8 Å². The van der Waals surface area contributed by atoms with Crippen LogP contribution >= 0.6 is 0 Å². The monoisotopic (exact) mass is 680 g/mol. The van der Waals surface area contributed by atoms with E-state index in [1.165, 1.54) is 22.2 Å². The average Bonchev–Trinajstić information content (AvgIpc) is 3.31. The molecule has 0 N–H and O–H groups in total. The summed E-state index contributed by atoms with van der Waals surface area (Å²) in [4.78, 5) is 8.87. The summed E-state index contributed by atoms with van der Waals surface area (Å²) < 4.78 is 27.7. The molecule has 3 aromatic carbocycles. The fourth-order valence-electron chi connectivity index (χ4n) is 4.30. The summed E-state index contributed by atoms with van der Waals surface area (Å²) in [6.45, 7) is 4.99. The maximum Gasteiger partial charge on any atom is 0.151 e. The summed E-state index contributed by atoms with van der Waals surface area (Å²) in [6.07, 6.45) is 3.25. The number of hydrogen-bond donors (Lipinski definition) is 0. The van der Waals surface area contributed by atoms with Crippen molar-refractivity contribution in [1.29, 1.82) is 0 Å². The van der Waals surface area contributed by atoms with Crippen LogP contribution in [0.15, 0.2) is 102 Å². The molecule has 0 atom stereocenters. The molecule has 3 heterocycles. The van der Waals surface area contributed by atoms with Crippen molar-refractivity contribution in [3.8, 4) is 22.5 Å². The fourth-order valence-corrected chi connectivity index (χ4v) is 6.22. The zero-order valence-corrected chi connectivity index (χ0v) is 24.3. The molecule has 37 heavy (non-hydrogen) atoms. The summed E-state index contributed by atoms with van der Waals surface area (Å²) >= 11 is 0. The van der Waals surface area contributed by atoms with Gasteiger partial charge in [-0.3, -0.25) is 0 Å². The van der Waals surface area contributed by atoms with E-state index in [-0.39, 0.29) is 25.7 Å². The van der Waals surface area contributed by atoms with Crippen molar-refractivity contribution >= 4 is 35.2 Å². The molecule has 0 fully saturated rings. The third kappa shape index (κ3) is 5.80. The molecule has 3 aromatic heterocycles. The van der Waals surface area contributed by atoms with Crippen LogP contribution in [0.3, 0.4) is 0 Å². The molecule has 187 valence electrons. The summed E-state index contributed by atoms with van der Waals surface area (Å²) in [6, 6.07) is 33.4. The Morgan fingerprint density at radius 1 is 0.757 bits per heavy atom. The Hall–Kier alpha value is -3.37. The molecule has 0 aliphatic rings. The van der Waals surface area contributed by atoms with Crippen molar-refractivity contribution < 1.29 is 28.6 Å². The number of hydrogen-bond acceptors (Lipinski definition) is 3. The van der Waals surface area contributed by atoms with Gasteiger partial charge >= 0.3 is 0 Å². The Kier molecular flexibility index (Phi) is 6.99. The van der Waals surface area contributed by atoms with E-state index >= 15 is 0 Å². The van der Waals surface area contributed by atoms with Crippen molar-refractivity contribution in [3.63, 3.8) is 0 Å². The summed E-state index contributed by atoms with van der Waals surface area (Å²) in [5, 5.41) is 3.75. The molecule has 0 aliphatic carbocycles. The third-order valence-corrected chi connectivity index (χ3v) is 7.87. The minimum absolute atomic E-state index is 0. The smallest absolute Gasteiger partial charge is 0.151 e. The first-order valence-corrected chi connectivity index (χ1v) is 15.3. The number of furan rings is 1. The molecular formula is C32H28IrN2OSi-2. The zero-order valence-electron chi connectivity index (χ0n) is 23.9. The zero-order chi connectivity index (χ0) is 27.6. The van der Waals surface area contributed by atoms with E-state index in [9.17, 15) is 0 Å². The number of aryl methyl sites for hydroxylation is 1. The topological polar surface area (TPSA) is 38.9 Å². The molecule has 6 aromatic rings. The van der Waals surface area contributed by atoms with Crippen LogP contribution in [0.1, 0.15) is 9.68 Å². The Balaban J connectivity index is 0.000000192. The van der Waals surface area contributed by atoms with E-state index in [1.807, 2.05) is 54.7 Å². The molecule has 0 bridgehead atoms. The second-order valence-electron chi connectivity index (χ2n) is 9.55. The van der Waals surface area contributed by atoms with Gasteiger partial charge in [0.25, 0.3) is 0 Å². The normalized spacial score (nSPS) is 12.6. The number of para-hydroxylation sites is 1. The molecule has 1 radical (unpaired) electrons. The van der Waals surface area contributed by atoms with Gasteiger partial charge in [0.15, 0.2) is 5.58 Å². The molecule has 0 aliphatic heterocycles. The molecule has 6 rings (SSSR count). The molecule has 0 saturated carbocycles. The van der Waals surface area contributed by atoms with Crippen LogP contribution in [0.2, 0.25) is 19.6 Å². The minimum Gasteiger partial charge on any atom is -0.455 e. The molecule has 0 saturated heterocycles. The van der Waals surface area contributed by atoms with Crippen molar-refractivity contribution in [2.24, 2.45) is 0 Å². The first-order valence-electron chi connectivity index (χ1n) is 13.3. The van der Waals surface area contributed by atoms with Crippen molar-refractivity contribution in [3.05, 3.63) is 115 Å². The second-order valence-corrected chi connectivity index (χ2v) is 14.6. The quantitative estimate of drug-likeness (QED) is 0.141. The molecule has 3 nitrogen and oxygen atoms in total. The fraction of sp³-hybridized carbons (Fsp3) is 0.125. The molecule has 0 amide bonds. The number of fused-ring (bicyclic) bond motifs is 3. The first kappa shape index (κ1) is 22.8. The van der Waals surface area contributed by atoms with Gasteiger partial charge in [0.1, 0.15) is 5.58 Å². The average molecular weight is 680 g/mol. The molecular weight excluding hydrogens is 649 g/mol. The first-order chi connectivity index (χ1) is 18.6. The third-order valence-electron chi connectivity index (χ3n) is 5.88. The van der Waals surface area contributed by atoms with Gasteiger partial charge < -0.3 is 14.4 Å². The minimum atomic E-state index is -2.09. The second kappa shape index (κ2) is 11.3. The van der Waals surface area contributed by atoms with E-state index < -0.39 is 14.9 Å². The van der Waals surface area contributed by atoms with Crippen LogP contribution < -0.4 is 5.19 Å². The number of rotatable bonds is 3. The van der Waals surface area contributed by atoms with Gasteiger partial charge in [-0.2, -0.15) is 0 Å². The van der Waals surface area contributed by atoms with Gasteiger partial charge in [-0.05, 0) is 29.9 Å². The van der Waals surface area contributed by atoms with Crippen LogP contribution in [0.25, 0.3) is 44.5 Å². The van der Waals surface area contributed by atoms with E-state index in [1.54, 1.807) is 18.2 Å². The summed E-state index contributed by atoms with van der Waals surface area (Å²) in [5.74, 6) is 0. The number of aromatic nitrogens is 2. The van der Waals surface area contributed by atoms with E-state index in [4.69, 9.17) is 13.5 Å². The van der Waals surface area contributed by atoms with E-state index in [0.717, 1.165) is 33.7 Å².